The minimum absolute atomic E-state index is 0.0359. The van der Waals surface area contributed by atoms with Crippen molar-refractivity contribution in [3.05, 3.63) is 70.8 Å². The predicted molar refractivity (Wildman–Crippen MR) is 133 cm³/mol. The number of amides is 2. The van der Waals surface area contributed by atoms with E-state index in [1.165, 1.54) is 11.1 Å². The largest absolute Gasteiger partial charge is 0.366 e. The highest BCUT2D eigenvalue weighted by Crippen LogP contribution is 2.39. The van der Waals surface area contributed by atoms with Crippen LogP contribution in [0.4, 0.5) is 0 Å². The molecule has 2 amide bonds. The first-order chi connectivity index (χ1) is 15.8. The lowest BCUT2D eigenvalue weighted by atomic mass is 9.91. The van der Waals surface area contributed by atoms with Crippen LogP contribution in [0, 0.1) is 13.8 Å². The molecule has 3 N–H and O–H groups in total. The van der Waals surface area contributed by atoms with Gasteiger partial charge in [0, 0.05) is 48.0 Å². The smallest absolute Gasteiger partial charge is 0.254 e. The van der Waals surface area contributed by atoms with Crippen molar-refractivity contribution in [2.24, 2.45) is 5.73 Å². The first-order valence-electron chi connectivity index (χ1n) is 11.3. The Labute approximate surface area is 193 Å². The minimum Gasteiger partial charge on any atom is -0.366 e. The number of aryl methyl sites for hydroxylation is 2. The molecule has 2 heterocycles. The van der Waals surface area contributed by atoms with Gasteiger partial charge in [-0.05, 0) is 61.3 Å². The van der Waals surface area contributed by atoms with Crippen molar-refractivity contribution in [2.75, 3.05) is 33.2 Å². The molecule has 33 heavy (non-hydrogen) atoms. The van der Waals surface area contributed by atoms with Gasteiger partial charge in [0.1, 0.15) is 0 Å². The molecule has 1 aliphatic rings. The molecule has 1 fully saturated rings. The van der Waals surface area contributed by atoms with Crippen molar-refractivity contribution in [3.63, 3.8) is 0 Å². The summed E-state index contributed by atoms with van der Waals surface area (Å²) in [5.74, 6) is -0.442. The summed E-state index contributed by atoms with van der Waals surface area (Å²) in [4.78, 5) is 32.9. The first kappa shape index (κ1) is 21.2. The predicted octanol–water partition coefficient (Wildman–Crippen LogP) is 4.09. The van der Waals surface area contributed by atoms with Crippen LogP contribution in [-0.4, -0.2) is 59.8 Å². The van der Waals surface area contributed by atoms with Crippen LogP contribution in [0.25, 0.3) is 32.9 Å². The SMILES string of the molecule is Cc1cccc(C)c1-c1ccc(C(N)=O)c2[nH]c3cc(C(=O)N4CCN(C)CC4)ccc3c12. The maximum Gasteiger partial charge on any atom is 0.254 e. The number of aromatic amines is 1. The van der Waals surface area contributed by atoms with Crippen molar-refractivity contribution in [2.45, 2.75) is 13.8 Å². The Bertz CT molecular complexity index is 1390. The van der Waals surface area contributed by atoms with Crippen molar-refractivity contribution >= 4 is 33.6 Å². The van der Waals surface area contributed by atoms with Gasteiger partial charge < -0.3 is 20.5 Å². The molecule has 0 bridgehead atoms. The van der Waals surface area contributed by atoms with Crippen molar-refractivity contribution in [1.29, 1.82) is 0 Å². The number of nitrogens with zero attached hydrogens (tertiary/aromatic N) is 2. The quantitative estimate of drug-likeness (QED) is 0.503. The second-order valence-corrected chi connectivity index (χ2v) is 9.02. The maximum absolute atomic E-state index is 13.1. The Hall–Kier alpha value is -3.64. The minimum atomic E-state index is -0.478. The summed E-state index contributed by atoms with van der Waals surface area (Å²) in [6, 6.07) is 15.8. The van der Waals surface area contributed by atoms with Gasteiger partial charge in [0.2, 0.25) is 0 Å². The van der Waals surface area contributed by atoms with Crippen molar-refractivity contribution < 1.29 is 9.59 Å². The Kier molecular flexibility index (Phi) is 5.17. The number of fused-ring (bicyclic) bond motifs is 3. The molecule has 0 atom stereocenters. The highest BCUT2D eigenvalue weighted by Gasteiger charge is 2.22. The van der Waals surface area contributed by atoms with E-state index in [2.05, 4.69) is 49.0 Å². The second kappa shape index (κ2) is 8.05. The highest BCUT2D eigenvalue weighted by molar-refractivity contribution is 6.20. The maximum atomic E-state index is 13.1. The van der Waals surface area contributed by atoms with E-state index in [-0.39, 0.29) is 5.91 Å². The third kappa shape index (κ3) is 3.56. The molecule has 6 nitrogen and oxygen atoms in total. The van der Waals surface area contributed by atoms with E-state index in [4.69, 9.17) is 5.73 Å². The summed E-state index contributed by atoms with van der Waals surface area (Å²) < 4.78 is 0. The van der Waals surface area contributed by atoms with E-state index in [1.807, 2.05) is 29.2 Å². The van der Waals surface area contributed by atoms with Crippen LogP contribution in [0.15, 0.2) is 48.5 Å². The molecule has 4 aromatic rings. The molecule has 0 spiro atoms. The third-order valence-corrected chi connectivity index (χ3v) is 6.81. The van der Waals surface area contributed by atoms with Crippen molar-refractivity contribution in [1.82, 2.24) is 14.8 Å². The molecule has 1 aromatic heterocycles. The van der Waals surface area contributed by atoms with Crippen LogP contribution in [0.1, 0.15) is 31.8 Å². The molecule has 5 rings (SSSR count). The number of hydrogen-bond donors (Lipinski definition) is 2. The number of nitrogens with one attached hydrogen (secondary N) is 1. The summed E-state index contributed by atoms with van der Waals surface area (Å²) in [7, 11) is 2.07. The fraction of sp³-hybridized carbons (Fsp3) is 0.259. The van der Waals surface area contributed by atoms with Gasteiger partial charge in [-0.3, -0.25) is 9.59 Å². The lowest BCUT2D eigenvalue weighted by molar-refractivity contribution is 0.0664. The van der Waals surface area contributed by atoms with Gasteiger partial charge in [0.05, 0.1) is 11.1 Å². The van der Waals surface area contributed by atoms with Gasteiger partial charge in [0.25, 0.3) is 11.8 Å². The molecule has 0 saturated carbocycles. The number of H-pyrrole nitrogens is 1. The average molecular weight is 441 g/mol. The van der Waals surface area contributed by atoms with Crippen LogP contribution in [0.5, 0.6) is 0 Å². The molecule has 1 aliphatic heterocycles. The summed E-state index contributed by atoms with van der Waals surface area (Å²) in [6.07, 6.45) is 0. The van der Waals surface area contributed by atoms with Gasteiger partial charge >= 0.3 is 0 Å². The molecule has 168 valence electrons. The number of piperazine rings is 1. The number of likely N-dealkylation sites (N-methyl/N-ethyl adjacent to an activating group) is 1. The highest BCUT2D eigenvalue weighted by atomic mass is 16.2. The summed E-state index contributed by atoms with van der Waals surface area (Å²) in [5.41, 5.74) is 12.9. The fourth-order valence-electron chi connectivity index (χ4n) is 4.99. The number of primary amides is 1. The molecule has 0 aliphatic carbocycles. The zero-order chi connectivity index (χ0) is 23.3. The number of aromatic nitrogens is 1. The van der Waals surface area contributed by atoms with Gasteiger partial charge in [0.15, 0.2) is 0 Å². The number of benzene rings is 3. The number of carbonyl (C=O) groups excluding carboxylic acids is 2. The molecule has 0 unspecified atom stereocenters. The van der Waals surface area contributed by atoms with Gasteiger partial charge in [-0.2, -0.15) is 0 Å². The Morgan fingerprint density at radius 3 is 2.30 bits per heavy atom. The van der Waals surface area contributed by atoms with E-state index >= 15 is 0 Å². The number of carbonyl (C=O) groups is 2. The van der Waals surface area contributed by atoms with Gasteiger partial charge in [-0.1, -0.05) is 30.3 Å². The number of hydrogen-bond acceptors (Lipinski definition) is 3. The Morgan fingerprint density at radius 1 is 0.939 bits per heavy atom. The van der Waals surface area contributed by atoms with E-state index in [0.29, 0.717) is 16.6 Å². The Balaban J connectivity index is 1.70. The number of nitrogens with two attached hydrogens (primary N) is 1. The second-order valence-electron chi connectivity index (χ2n) is 9.02. The summed E-state index contributed by atoms with van der Waals surface area (Å²) >= 11 is 0. The standard InChI is InChI=1S/C27H28N4O2/c1-16-5-4-6-17(2)23(16)20-9-10-21(26(28)32)25-24(20)19-8-7-18(15-22(19)29-25)27(33)31-13-11-30(3)12-14-31/h4-10,15,29H,11-14H2,1-3H3,(H2,28,32). The first-order valence-corrected chi connectivity index (χ1v) is 11.3. The average Bonchev–Trinajstić information content (AvgIpc) is 3.17. The zero-order valence-electron chi connectivity index (χ0n) is 19.2. The lowest BCUT2D eigenvalue weighted by Crippen LogP contribution is -2.47. The summed E-state index contributed by atoms with van der Waals surface area (Å²) in [6.45, 7) is 7.39. The molecule has 0 radical (unpaired) electrons. The van der Waals surface area contributed by atoms with Crippen LogP contribution in [0.2, 0.25) is 0 Å². The van der Waals surface area contributed by atoms with Crippen LogP contribution in [0.3, 0.4) is 0 Å². The molecule has 1 saturated heterocycles. The van der Waals surface area contributed by atoms with Crippen LogP contribution >= 0.6 is 0 Å². The normalized spacial score (nSPS) is 14.8. The third-order valence-electron chi connectivity index (χ3n) is 6.81. The molecular weight excluding hydrogens is 412 g/mol. The van der Waals surface area contributed by atoms with Crippen LogP contribution < -0.4 is 5.73 Å². The van der Waals surface area contributed by atoms with Gasteiger partial charge in [-0.25, -0.2) is 0 Å². The molecule has 6 heteroatoms. The Morgan fingerprint density at radius 2 is 1.64 bits per heavy atom. The molecular formula is C27H28N4O2. The summed E-state index contributed by atoms with van der Waals surface area (Å²) in [5, 5.41) is 1.93. The zero-order valence-corrected chi connectivity index (χ0v) is 19.2. The van der Waals surface area contributed by atoms with E-state index < -0.39 is 5.91 Å². The monoisotopic (exact) mass is 440 g/mol. The van der Waals surface area contributed by atoms with Gasteiger partial charge in [-0.15, -0.1) is 0 Å². The molecule has 3 aromatic carbocycles. The van der Waals surface area contributed by atoms with Crippen LogP contribution in [-0.2, 0) is 0 Å². The lowest BCUT2D eigenvalue weighted by Gasteiger charge is -2.32. The fourth-order valence-corrected chi connectivity index (χ4v) is 4.99. The van der Waals surface area contributed by atoms with E-state index in [0.717, 1.165) is 53.6 Å². The van der Waals surface area contributed by atoms with E-state index in [1.54, 1.807) is 6.07 Å². The number of rotatable bonds is 3. The topological polar surface area (TPSA) is 82.4 Å². The van der Waals surface area contributed by atoms with Crippen molar-refractivity contribution in [3.8, 4) is 11.1 Å². The van der Waals surface area contributed by atoms with E-state index in [9.17, 15) is 9.59 Å².